The summed E-state index contributed by atoms with van der Waals surface area (Å²) in [7, 11) is 1.60. The largest absolute Gasteiger partial charge is 0.493 e. The van der Waals surface area contributed by atoms with E-state index in [4.69, 9.17) is 18.9 Å². The minimum Gasteiger partial charge on any atom is -0.493 e. The number of carbonyl (C=O) groups excluding carboxylic acids is 2. The Balaban J connectivity index is 1.38. The van der Waals surface area contributed by atoms with Gasteiger partial charge in [-0.05, 0) is 67.8 Å². The van der Waals surface area contributed by atoms with Crippen molar-refractivity contribution in [1.82, 2.24) is 10.6 Å². The van der Waals surface area contributed by atoms with Gasteiger partial charge >= 0.3 is 0 Å². The molecule has 2 amide bonds. The molecule has 2 N–H and O–H groups in total. The highest BCUT2D eigenvalue weighted by Crippen LogP contribution is 2.25. The van der Waals surface area contributed by atoms with E-state index in [2.05, 4.69) is 10.6 Å². The first kappa shape index (κ1) is 27.7. The maximum Gasteiger partial charge on any atom is 0.267 e. The van der Waals surface area contributed by atoms with Crippen LogP contribution in [0.1, 0.15) is 34.3 Å². The van der Waals surface area contributed by atoms with Crippen molar-refractivity contribution in [2.45, 2.75) is 25.9 Å². The monoisotopic (exact) mass is 530 g/mol. The molecule has 0 aromatic heterocycles. The second-order valence-electron chi connectivity index (χ2n) is 9.14. The summed E-state index contributed by atoms with van der Waals surface area (Å²) in [6.07, 6.45) is 3.52. The van der Waals surface area contributed by atoms with Gasteiger partial charge in [0.05, 0.1) is 13.2 Å². The van der Waals surface area contributed by atoms with Gasteiger partial charge in [0.2, 0.25) is 0 Å². The molecule has 1 aliphatic heterocycles. The standard InChI is InChI=1S/C31H34N2O6/c1-22-9-13-24(14-10-22)30(34)33-27(31(35)32-21-26-6-5-17-37-26)20-23-11-15-25(16-12-23)38-18-19-39-29-8-4-3-7-28(29)36-2/h3-4,7-16,20,26H,5-6,17-19,21H2,1-2H3,(H,32,35)(H,33,34)/b27-20+. The van der Waals surface area contributed by atoms with Crippen LogP contribution in [0.2, 0.25) is 0 Å². The number of aryl methyl sites for hydroxylation is 1. The minimum atomic E-state index is -0.375. The number of ether oxygens (including phenoxy) is 4. The number of hydrogen-bond donors (Lipinski definition) is 2. The molecule has 0 aliphatic carbocycles. The van der Waals surface area contributed by atoms with Crippen LogP contribution < -0.4 is 24.8 Å². The molecule has 1 unspecified atom stereocenters. The fourth-order valence-corrected chi connectivity index (χ4v) is 4.04. The predicted octanol–water partition coefficient (Wildman–Crippen LogP) is 4.53. The maximum absolute atomic E-state index is 13.0. The third kappa shape index (κ3) is 8.35. The van der Waals surface area contributed by atoms with Crippen molar-refractivity contribution in [3.8, 4) is 17.2 Å². The van der Waals surface area contributed by atoms with Gasteiger partial charge in [-0.2, -0.15) is 0 Å². The number of amides is 2. The van der Waals surface area contributed by atoms with Gasteiger partial charge in [-0.15, -0.1) is 0 Å². The Bertz CT molecular complexity index is 1260. The Morgan fingerprint density at radius 1 is 0.949 bits per heavy atom. The molecule has 1 aliphatic rings. The lowest BCUT2D eigenvalue weighted by Gasteiger charge is -2.14. The van der Waals surface area contributed by atoms with Crippen molar-refractivity contribution >= 4 is 17.9 Å². The third-order valence-corrected chi connectivity index (χ3v) is 6.19. The fourth-order valence-electron chi connectivity index (χ4n) is 4.04. The van der Waals surface area contributed by atoms with Crippen molar-refractivity contribution in [2.75, 3.05) is 33.5 Å². The summed E-state index contributed by atoms with van der Waals surface area (Å²) in [5.41, 5.74) is 2.40. The van der Waals surface area contributed by atoms with E-state index in [1.165, 1.54) is 0 Å². The highest BCUT2D eigenvalue weighted by Gasteiger charge is 2.19. The van der Waals surface area contributed by atoms with Crippen LogP contribution in [0.4, 0.5) is 0 Å². The Morgan fingerprint density at radius 2 is 1.67 bits per heavy atom. The van der Waals surface area contributed by atoms with Gasteiger partial charge in [0.1, 0.15) is 24.7 Å². The molecule has 1 atom stereocenters. The zero-order valence-electron chi connectivity index (χ0n) is 22.3. The topological polar surface area (TPSA) is 95.1 Å². The van der Waals surface area contributed by atoms with Gasteiger partial charge in [0.15, 0.2) is 11.5 Å². The lowest BCUT2D eigenvalue weighted by molar-refractivity contribution is -0.118. The summed E-state index contributed by atoms with van der Waals surface area (Å²) in [4.78, 5) is 25.9. The molecule has 0 radical (unpaired) electrons. The predicted molar refractivity (Wildman–Crippen MR) is 149 cm³/mol. The summed E-state index contributed by atoms with van der Waals surface area (Å²) < 4.78 is 22.4. The SMILES string of the molecule is COc1ccccc1OCCOc1ccc(/C=C(/NC(=O)c2ccc(C)cc2)C(=O)NCC2CCCO2)cc1. The molecular formula is C31H34N2O6. The molecule has 39 heavy (non-hydrogen) atoms. The molecule has 0 bridgehead atoms. The van der Waals surface area contributed by atoms with Gasteiger partial charge in [0, 0.05) is 18.7 Å². The number of methoxy groups -OCH3 is 1. The Kier molecular flexibility index (Phi) is 9.97. The summed E-state index contributed by atoms with van der Waals surface area (Å²) in [5.74, 6) is 1.24. The number of benzene rings is 3. The van der Waals surface area contributed by atoms with Crippen molar-refractivity contribution in [3.63, 3.8) is 0 Å². The van der Waals surface area contributed by atoms with E-state index in [-0.39, 0.29) is 23.6 Å². The summed E-state index contributed by atoms with van der Waals surface area (Å²) >= 11 is 0. The Morgan fingerprint density at radius 3 is 2.36 bits per heavy atom. The number of nitrogens with one attached hydrogen (secondary N) is 2. The second-order valence-corrected chi connectivity index (χ2v) is 9.14. The van der Waals surface area contributed by atoms with Crippen LogP contribution in [0.3, 0.4) is 0 Å². The normalized spacial score (nSPS) is 14.9. The minimum absolute atomic E-state index is 0.00797. The lowest BCUT2D eigenvalue weighted by Crippen LogP contribution is -2.38. The van der Waals surface area contributed by atoms with Crippen LogP contribution in [-0.2, 0) is 9.53 Å². The molecular weight excluding hydrogens is 496 g/mol. The number of hydrogen-bond acceptors (Lipinski definition) is 6. The van der Waals surface area contributed by atoms with Crippen molar-refractivity contribution in [3.05, 3.63) is 95.2 Å². The van der Waals surface area contributed by atoms with Crippen molar-refractivity contribution in [2.24, 2.45) is 0 Å². The molecule has 1 fully saturated rings. The second kappa shape index (κ2) is 14.0. The van der Waals surface area contributed by atoms with Crippen LogP contribution >= 0.6 is 0 Å². The lowest BCUT2D eigenvalue weighted by atomic mass is 10.1. The zero-order valence-corrected chi connectivity index (χ0v) is 22.3. The molecule has 1 saturated heterocycles. The summed E-state index contributed by atoms with van der Waals surface area (Å²) in [6, 6.07) is 21.9. The van der Waals surface area contributed by atoms with Gasteiger partial charge < -0.3 is 29.6 Å². The molecule has 8 heteroatoms. The first-order valence-electron chi connectivity index (χ1n) is 13.0. The van der Waals surface area contributed by atoms with E-state index in [0.717, 1.165) is 24.0 Å². The molecule has 3 aromatic rings. The molecule has 0 spiro atoms. The Hall–Kier alpha value is -4.30. The van der Waals surface area contributed by atoms with Crippen molar-refractivity contribution in [1.29, 1.82) is 0 Å². The van der Waals surface area contributed by atoms with Crippen LogP contribution in [-0.4, -0.2) is 51.4 Å². The van der Waals surface area contributed by atoms with E-state index in [1.807, 2.05) is 55.5 Å². The van der Waals surface area contributed by atoms with Gasteiger partial charge in [-0.3, -0.25) is 9.59 Å². The van der Waals surface area contributed by atoms with Crippen molar-refractivity contribution < 1.29 is 28.5 Å². The van der Waals surface area contributed by atoms with Gasteiger partial charge in [-0.1, -0.05) is 42.0 Å². The smallest absolute Gasteiger partial charge is 0.267 e. The zero-order chi connectivity index (χ0) is 27.5. The summed E-state index contributed by atoms with van der Waals surface area (Å²) in [5, 5.41) is 5.65. The van der Waals surface area contributed by atoms with Crippen LogP contribution in [0.5, 0.6) is 17.2 Å². The average molecular weight is 531 g/mol. The number of carbonyl (C=O) groups is 2. The van der Waals surface area contributed by atoms with E-state index in [1.54, 1.807) is 37.5 Å². The van der Waals surface area contributed by atoms with E-state index < -0.39 is 0 Å². The van der Waals surface area contributed by atoms with Gasteiger partial charge in [-0.25, -0.2) is 0 Å². The maximum atomic E-state index is 13.0. The first-order valence-corrected chi connectivity index (χ1v) is 13.0. The molecule has 0 saturated carbocycles. The van der Waals surface area contributed by atoms with E-state index in [9.17, 15) is 9.59 Å². The highest BCUT2D eigenvalue weighted by atomic mass is 16.5. The van der Waals surface area contributed by atoms with Crippen LogP contribution in [0.25, 0.3) is 6.08 Å². The van der Waals surface area contributed by atoms with E-state index in [0.29, 0.717) is 49.2 Å². The molecule has 1 heterocycles. The van der Waals surface area contributed by atoms with Crippen LogP contribution in [0, 0.1) is 6.92 Å². The molecule has 8 nitrogen and oxygen atoms in total. The quantitative estimate of drug-likeness (QED) is 0.264. The number of para-hydroxylation sites is 2. The highest BCUT2D eigenvalue weighted by molar-refractivity contribution is 6.05. The van der Waals surface area contributed by atoms with Crippen LogP contribution in [0.15, 0.2) is 78.5 Å². The summed E-state index contributed by atoms with van der Waals surface area (Å²) in [6.45, 7) is 3.74. The molecule has 3 aromatic carbocycles. The fraction of sp³-hybridized carbons (Fsp3) is 0.290. The number of rotatable bonds is 12. The average Bonchev–Trinajstić information content (AvgIpc) is 3.49. The molecule has 204 valence electrons. The van der Waals surface area contributed by atoms with E-state index >= 15 is 0 Å². The molecule has 4 rings (SSSR count). The van der Waals surface area contributed by atoms with Gasteiger partial charge in [0.25, 0.3) is 11.8 Å². The third-order valence-electron chi connectivity index (χ3n) is 6.19. The Labute approximate surface area is 228 Å². The first-order chi connectivity index (χ1) is 19.0.